The smallest absolute Gasteiger partial charge is 0.191 e. The zero-order valence-corrected chi connectivity index (χ0v) is 14.1. The fraction of sp³-hybridized carbons (Fsp3) is 0.588. The second-order valence-corrected chi connectivity index (χ2v) is 5.03. The summed E-state index contributed by atoms with van der Waals surface area (Å²) in [6, 6.07) is 6.67. The maximum atomic E-state index is 13.1. The minimum atomic E-state index is -0.198. The standard InChI is InChI=1S/C17H28FN3O2/c1-3-19-17(20-9-5-11-23-13-12-22-2)21-10-8-15-6-4-7-16(18)14-15/h4,6-7,14H,3,5,8-13H2,1-2H3,(H2,19,20,21). The Kier molecular flexibility index (Phi) is 10.8. The molecule has 0 fully saturated rings. The van der Waals surface area contributed by atoms with Gasteiger partial charge in [-0.3, -0.25) is 4.99 Å². The van der Waals surface area contributed by atoms with Crippen LogP contribution >= 0.6 is 0 Å². The van der Waals surface area contributed by atoms with Gasteiger partial charge in [0, 0.05) is 33.4 Å². The predicted molar refractivity (Wildman–Crippen MR) is 91.4 cm³/mol. The fourth-order valence-electron chi connectivity index (χ4n) is 1.96. The highest BCUT2D eigenvalue weighted by atomic mass is 19.1. The maximum Gasteiger partial charge on any atom is 0.191 e. The molecule has 0 aliphatic rings. The van der Waals surface area contributed by atoms with Crippen molar-refractivity contribution in [3.63, 3.8) is 0 Å². The molecule has 1 aromatic rings. The molecule has 1 rings (SSSR count). The molecule has 23 heavy (non-hydrogen) atoms. The van der Waals surface area contributed by atoms with Crippen molar-refractivity contribution in [2.75, 3.05) is 46.6 Å². The second kappa shape index (κ2) is 12.8. The number of hydrogen-bond acceptors (Lipinski definition) is 3. The number of aliphatic imine (C=N–C) groups is 1. The maximum absolute atomic E-state index is 13.1. The lowest BCUT2D eigenvalue weighted by Crippen LogP contribution is -2.38. The number of halogens is 1. The van der Waals surface area contributed by atoms with Crippen molar-refractivity contribution >= 4 is 5.96 Å². The van der Waals surface area contributed by atoms with Gasteiger partial charge in [-0.1, -0.05) is 12.1 Å². The van der Waals surface area contributed by atoms with E-state index in [1.54, 1.807) is 19.2 Å². The van der Waals surface area contributed by atoms with Gasteiger partial charge in [0.25, 0.3) is 0 Å². The van der Waals surface area contributed by atoms with Crippen LogP contribution in [-0.2, 0) is 15.9 Å². The van der Waals surface area contributed by atoms with Crippen LogP contribution in [0.4, 0.5) is 4.39 Å². The molecule has 0 amide bonds. The highest BCUT2D eigenvalue weighted by Gasteiger charge is 1.99. The van der Waals surface area contributed by atoms with E-state index in [9.17, 15) is 4.39 Å². The Morgan fingerprint density at radius 1 is 1.22 bits per heavy atom. The topological polar surface area (TPSA) is 54.9 Å². The van der Waals surface area contributed by atoms with Crippen molar-refractivity contribution in [1.29, 1.82) is 0 Å². The van der Waals surface area contributed by atoms with E-state index in [1.165, 1.54) is 6.07 Å². The van der Waals surface area contributed by atoms with Crippen molar-refractivity contribution < 1.29 is 13.9 Å². The molecule has 5 nitrogen and oxygen atoms in total. The first-order chi connectivity index (χ1) is 11.3. The van der Waals surface area contributed by atoms with E-state index < -0.39 is 0 Å². The van der Waals surface area contributed by atoms with Crippen LogP contribution in [0.2, 0.25) is 0 Å². The van der Waals surface area contributed by atoms with Gasteiger partial charge in [-0.15, -0.1) is 0 Å². The average molecular weight is 325 g/mol. The molecule has 0 bridgehead atoms. The monoisotopic (exact) mass is 325 g/mol. The molecular weight excluding hydrogens is 297 g/mol. The molecule has 0 aromatic heterocycles. The van der Waals surface area contributed by atoms with Gasteiger partial charge in [0.15, 0.2) is 5.96 Å². The van der Waals surface area contributed by atoms with E-state index in [1.807, 2.05) is 13.0 Å². The van der Waals surface area contributed by atoms with Gasteiger partial charge < -0.3 is 20.1 Å². The van der Waals surface area contributed by atoms with Crippen LogP contribution in [0.5, 0.6) is 0 Å². The molecule has 0 saturated heterocycles. The van der Waals surface area contributed by atoms with Gasteiger partial charge in [-0.2, -0.15) is 0 Å². The molecule has 1 aromatic carbocycles. The molecule has 0 aliphatic carbocycles. The van der Waals surface area contributed by atoms with Gasteiger partial charge in [-0.05, 0) is 37.5 Å². The van der Waals surface area contributed by atoms with Gasteiger partial charge in [-0.25, -0.2) is 4.39 Å². The van der Waals surface area contributed by atoms with E-state index in [-0.39, 0.29) is 5.82 Å². The van der Waals surface area contributed by atoms with Crippen LogP contribution < -0.4 is 10.6 Å². The minimum Gasteiger partial charge on any atom is -0.382 e. The first kappa shape index (κ1) is 19.4. The third-order valence-corrected chi connectivity index (χ3v) is 3.09. The normalized spacial score (nSPS) is 11.5. The Hall–Kier alpha value is -1.66. The summed E-state index contributed by atoms with van der Waals surface area (Å²) in [5, 5.41) is 6.45. The molecule has 6 heteroatoms. The zero-order chi connectivity index (χ0) is 16.8. The Bertz CT molecular complexity index is 455. The number of hydrogen-bond donors (Lipinski definition) is 2. The van der Waals surface area contributed by atoms with Crippen LogP contribution in [0, 0.1) is 5.82 Å². The van der Waals surface area contributed by atoms with Crippen LogP contribution in [0.25, 0.3) is 0 Å². The van der Waals surface area contributed by atoms with E-state index in [2.05, 4.69) is 15.6 Å². The molecule has 0 aliphatic heterocycles. The van der Waals surface area contributed by atoms with Gasteiger partial charge in [0.2, 0.25) is 0 Å². The Morgan fingerprint density at radius 3 is 2.83 bits per heavy atom. The lowest BCUT2D eigenvalue weighted by Gasteiger charge is -2.11. The quantitative estimate of drug-likeness (QED) is 0.371. The highest BCUT2D eigenvalue weighted by molar-refractivity contribution is 5.79. The molecule has 0 spiro atoms. The van der Waals surface area contributed by atoms with Crippen molar-refractivity contribution in [2.45, 2.75) is 19.8 Å². The number of guanidine groups is 1. The summed E-state index contributed by atoms with van der Waals surface area (Å²) < 4.78 is 23.4. The Balaban J connectivity index is 2.23. The summed E-state index contributed by atoms with van der Waals surface area (Å²) >= 11 is 0. The molecule has 0 heterocycles. The highest BCUT2D eigenvalue weighted by Crippen LogP contribution is 2.03. The first-order valence-corrected chi connectivity index (χ1v) is 8.09. The molecule has 130 valence electrons. The molecule has 0 radical (unpaired) electrons. The summed E-state index contributed by atoms with van der Waals surface area (Å²) in [6.45, 7) is 6.14. The van der Waals surface area contributed by atoms with Crippen molar-refractivity contribution in [3.05, 3.63) is 35.6 Å². The molecular formula is C17H28FN3O2. The van der Waals surface area contributed by atoms with Crippen molar-refractivity contribution in [2.24, 2.45) is 4.99 Å². The summed E-state index contributed by atoms with van der Waals surface area (Å²) in [4.78, 5) is 4.49. The summed E-state index contributed by atoms with van der Waals surface area (Å²) in [5.41, 5.74) is 0.972. The third kappa shape index (κ3) is 9.86. The number of benzene rings is 1. The van der Waals surface area contributed by atoms with Gasteiger partial charge >= 0.3 is 0 Å². The lowest BCUT2D eigenvalue weighted by atomic mass is 10.1. The Morgan fingerprint density at radius 2 is 2.09 bits per heavy atom. The van der Waals surface area contributed by atoms with Crippen LogP contribution in [-0.4, -0.2) is 52.5 Å². The predicted octanol–water partition coefficient (Wildman–Crippen LogP) is 1.98. The fourth-order valence-corrected chi connectivity index (χ4v) is 1.96. The summed E-state index contributed by atoms with van der Waals surface area (Å²) in [7, 11) is 1.66. The molecule has 0 unspecified atom stereocenters. The van der Waals surface area contributed by atoms with Crippen LogP contribution in [0.1, 0.15) is 18.9 Å². The van der Waals surface area contributed by atoms with Gasteiger partial charge in [0.1, 0.15) is 5.82 Å². The average Bonchev–Trinajstić information content (AvgIpc) is 2.54. The van der Waals surface area contributed by atoms with Crippen LogP contribution in [0.15, 0.2) is 29.3 Å². The number of methoxy groups -OCH3 is 1. The van der Waals surface area contributed by atoms with E-state index >= 15 is 0 Å². The van der Waals surface area contributed by atoms with Crippen LogP contribution in [0.3, 0.4) is 0 Å². The van der Waals surface area contributed by atoms with Crippen molar-refractivity contribution in [3.8, 4) is 0 Å². The number of rotatable bonds is 11. The second-order valence-electron chi connectivity index (χ2n) is 5.03. The zero-order valence-electron chi connectivity index (χ0n) is 14.1. The largest absolute Gasteiger partial charge is 0.382 e. The molecule has 2 N–H and O–H groups in total. The van der Waals surface area contributed by atoms with Gasteiger partial charge in [0.05, 0.1) is 13.2 Å². The summed E-state index contributed by atoms with van der Waals surface area (Å²) in [6.07, 6.45) is 1.62. The molecule has 0 saturated carbocycles. The van der Waals surface area contributed by atoms with E-state index in [0.717, 1.165) is 30.9 Å². The number of nitrogens with one attached hydrogen (secondary N) is 2. The lowest BCUT2D eigenvalue weighted by molar-refractivity contribution is 0.0702. The van der Waals surface area contributed by atoms with E-state index in [0.29, 0.717) is 32.9 Å². The third-order valence-electron chi connectivity index (χ3n) is 3.09. The van der Waals surface area contributed by atoms with Crippen molar-refractivity contribution in [1.82, 2.24) is 10.6 Å². The Labute approximate surface area is 138 Å². The SMILES string of the molecule is CCNC(=NCCCOCCOC)NCCc1cccc(F)c1. The molecule has 0 atom stereocenters. The number of nitrogens with zero attached hydrogens (tertiary/aromatic N) is 1. The number of ether oxygens (including phenoxy) is 2. The van der Waals surface area contributed by atoms with E-state index in [4.69, 9.17) is 9.47 Å². The minimum absolute atomic E-state index is 0.198. The first-order valence-electron chi connectivity index (χ1n) is 8.09. The summed E-state index contributed by atoms with van der Waals surface area (Å²) in [5.74, 6) is 0.581.